The molecule has 56 valence electrons. The maximum atomic E-state index is 10.4. The Morgan fingerprint density at radius 1 is 1.60 bits per heavy atom. The molecule has 0 fully saturated rings. The van der Waals surface area contributed by atoms with Crippen LogP contribution in [-0.4, -0.2) is 13.6 Å². The van der Waals surface area contributed by atoms with Crippen LogP contribution in [0.15, 0.2) is 15.6 Å². The zero-order valence-electron chi connectivity index (χ0n) is 4.41. The highest BCUT2D eigenvalue weighted by Gasteiger charge is 2.15. The van der Waals surface area contributed by atoms with Gasteiger partial charge in [-0.25, -0.2) is 8.42 Å². The van der Waals surface area contributed by atoms with Crippen LogP contribution < -0.4 is 0 Å². The van der Waals surface area contributed by atoms with Gasteiger partial charge in [0, 0.05) is 16.7 Å². The van der Waals surface area contributed by atoms with Crippen molar-refractivity contribution in [1.82, 2.24) is 5.16 Å². The fourth-order valence-electron chi connectivity index (χ4n) is 0.353. The van der Waals surface area contributed by atoms with Crippen LogP contribution >= 0.6 is 22.3 Å². The molecule has 10 heavy (non-hydrogen) atoms. The van der Waals surface area contributed by atoms with Gasteiger partial charge in [0.15, 0.2) is 0 Å². The van der Waals surface area contributed by atoms with Gasteiger partial charge in [-0.05, 0) is 11.6 Å². The lowest BCUT2D eigenvalue weighted by Gasteiger charge is -1.79. The summed E-state index contributed by atoms with van der Waals surface area (Å²) in [4.78, 5) is 0. The molecule has 0 aliphatic heterocycles. The minimum Gasteiger partial charge on any atom is -0.343 e. The average Bonchev–Trinajstić information content (AvgIpc) is 2.11. The van der Waals surface area contributed by atoms with Crippen molar-refractivity contribution in [1.29, 1.82) is 0 Å². The number of nitrogens with zero attached hydrogens (tertiary/aromatic N) is 1. The van der Waals surface area contributed by atoms with Gasteiger partial charge >= 0.3 is 0 Å². The second-order valence-electron chi connectivity index (χ2n) is 1.41. The first-order valence-corrected chi connectivity index (χ1v) is 4.76. The van der Waals surface area contributed by atoms with Crippen LogP contribution in [0.4, 0.5) is 0 Å². The SMILES string of the molecule is O=S(=O)(Cl)c1cc(Cl)on1. The van der Waals surface area contributed by atoms with E-state index >= 15 is 0 Å². The molecule has 0 atom stereocenters. The Bertz CT molecular complexity index is 329. The van der Waals surface area contributed by atoms with E-state index in [1.807, 2.05) is 0 Å². The van der Waals surface area contributed by atoms with Crippen molar-refractivity contribution in [2.45, 2.75) is 5.03 Å². The van der Waals surface area contributed by atoms with Crippen LogP contribution in [0.1, 0.15) is 0 Å². The summed E-state index contributed by atoms with van der Waals surface area (Å²) in [5.74, 6) is 0. The van der Waals surface area contributed by atoms with Gasteiger partial charge in [-0.3, -0.25) is 0 Å². The molecule has 1 aromatic heterocycles. The van der Waals surface area contributed by atoms with Gasteiger partial charge in [-0.15, -0.1) is 0 Å². The Kier molecular flexibility index (Phi) is 1.89. The van der Waals surface area contributed by atoms with E-state index in [1.54, 1.807) is 0 Å². The fourth-order valence-corrected chi connectivity index (χ4v) is 1.15. The van der Waals surface area contributed by atoms with Crippen molar-refractivity contribution < 1.29 is 12.9 Å². The molecule has 1 rings (SSSR count). The zero-order valence-corrected chi connectivity index (χ0v) is 6.74. The van der Waals surface area contributed by atoms with E-state index in [0.717, 1.165) is 6.07 Å². The highest BCUT2D eigenvalue weighted by atomic mass is 35.7. The van der Waals surface area contributed by atoms with Crippen molar-refractivity contribution in [3.05, 3.63) is 11.3 Å². The van der Waals surface area contributed by atoms with E-state index in [4.69, 9.17) is 22.3 Å². The molecule has 0 bridgehead atoms. The van der Waals surface area contributed by atoms with Crippen molar-refractivity contribution in [2.75, 3.05) is 0 Å². The molecule has 0 radical (unpaired) electrons. The second-order valence-corrected chi connectivity index (χ2v) is 4.29. The molecule has 4 nitrogen and oxygen atoms in total. The minimum atomic E-state index is -3.80. The number of hydrogen-bond acceptors (Lipinski definition) is 4. The molecular formula is C3HCl2NO3S. The van der Waals surface area contributed by atoms with Crippen LogP contribution in [0.5, 0.6) is 0 Å². The first kappa shape index (κ1) is 7.84. The third-order valence-corrected chi connectivity index (χ3v) is 2.05. The van der Waals surface area contributed by atoms with Gasteiger partial charge < -0.3 is 4.52 Å². The molecule has 0 N–H and O–H groups in total. The Hall–Kier alpha value is -0.260. The summed E-state index contributed by atoms with van der Waals surface area (Å²) in [6.07, 6.45) is 0. The monoisotopic (exact) mass is 201 g/mol. The van der Waals surface area contributed by atoms with E-state index in [2.05, 4.69) is 9.68 Å². The number of aromatic nitrogens is 1. The summed E-state index contributed by atoms with van der Waals surface area (Å²) in [5, 5.41) is 2.57. The largest absolute Gasteiger partial charge is 0.343 e. The van der Waals surface area contributed by atoms with Crippen LogP contribution in [-0.2, 0) is 9.05 Å². The average molecular weight is 202 g/mol. The Balaban J connectivity index is 3.21. The predicted molar refractivity (Wildman–Crippen MR) is 34.6 cm³/mol. The molecule has 0 aliphatic rings. The summed E-state index contributed by atoms with van der Waals surface area (Å²) in [5.41, 5.74) is 0. The minimum absolute atomic E-state index is 0.112. The van der Waals surface area contributed by atoms with Gasteiger partial charge in [0.2, 0.25) is 10.2 Å². The van der Waals surface area contributed by atoms with E-state index in [1.165, 1.54) is 0 Å². The maximum absolute atomic E-state index is 10.4. The van der Waals surface area contributed by atoms with Crippen LogP contribution in [0.25, 0.3) is 0 Å². The molecule has 0 saturated carbocycles. The van der Waals surface area contributed by atoms with Crippen molar-refractivity contribution >= 4 is 31.3 Å². The highest BCUT2D eigenvalue weighted by molar-refractivity contribution is 8.13. The molecule has 0 unspecified atom stereocenters. The molecule has 1 heterocycles. The first-order chi connectivity index (χ1) is 4.50. The van der Waals surface area contributed by atoms with Crippen molar-refractivity contribution in [3.8, 4) is 0 Å². The maximum Gasteiger partial charge on any atom is 0.282 e. The Morgan fingerprint density at radius 2 is 2.20 bits per heavy atom. The first-order valence-electron chi connectivity index (χ1n) is 2.07. The normalized spacial score (nSPS) is 11.8. The third-order valence-electron chi connectivity index (χ3n) is 0.710. The summed E-state index contributed by atoms with van der Waals surface area (Å²) < 4.78 is 25.1. The highest BCUT2D eigenvalue weighted by Crippen LogP contribution is 2.17. The zero-order chi connectivity index (χ0) is 7.78. The number of halogens is 2. The Morgan fingerprint density at radius 3 is 2.40 bits per heavy atom. The summed E-state index contributed by atoms with van der Waals surface area (Å²) in [6, 6.07) is 1.02. The van der Waals surface area contributed by atoms with Crippen molar-refractivity contribution in [3.63, 3.8) is 0 Å². The van der Waals surface area contributed by atoms with E-state index < -0.39 is 9.05 Å². The molecule has 0 aliphatic carbocycles. The van der Waals surface area contributed by atoms with E-state index in [0.29, 0.717) is 0 Å². The number of rotatable bonds is 1. The van der Waals surface area contributed by atoms with Crippen LogP contribution in [0, 0.1) is 0 Å². The quantitative estimate of drug-likeness (QED) is 0.643. The molecule has 0 saturated heterocycles. The van der Waals surface area contributed by atoms with Gasteiger partial charge in [0.05, 0.1) is 0 Å². The number of hydrogen-bond donors (Lipinski definition) is 0. The third kappa shape index (κ3) is 1.62. The fraction of sp³-hybridized carbons (Fsp3) is 0. The van der Waals surface area contributed by atoms with Gasteiger partial charge in [-0.1, -0.05) is 5.16 Å². The Labute approximate surface area is 66.1 Å². The van der Waals surface area contributed by atoms with Crippen LogP contribution in [0.3, 0.4) is 0 Å². The van der Waals surface area contributed by atoms with Gasteiger partial charge in [0.25, 0.3) is 9.05 Å². The summed E-state index contributed by atoms with van der Waals surface area (Å²) in [6.45, 7) is 0. The molecule has 0 aromatic carbocycles. The van der Waals surface area contributed by atoms with E-state index in [9.17, 15) is 8.42 Å². The second kappa shape index (κ2) is 2.41. The predicted octanol–water partition coefficient (Wildman–Crippen LogP) is 1.26. The molecule has 1 aromatic rings. The van der Waals surface area contributed by atoms with Gasteiger partial charge in [-0.2, -0.15) is 0 Å². The molecule has 0 spiro atoms. The van der Waals surface area contributed by atoms with Gasteiger partial charge in [0.1, 0.15) is 0 Å². The van der Waals surface area contributed by atoms with Crippen molar-refractivity contribution in [2.24, 2.45) is 0 Å². The lowest BCUT2D eigenvalue weighted by molar-refractivity contribution is 0.403. The standard InChI is InChI=1S/C3HCl2NO3S/c4-2-1-3(6-9-2)10(5,7)8/h1H. The van der Waals surface area contributed by atoms with Crippen LogP contribution in [0.2, 0.25) is 5.22 Å². The lowest BCUT2D eigenvalue weighted by Crippen LogP contribution is -1.88. The lowest BCUT2D eigenvalue weighted by atomic mass is 10.8. The molecule has 7 heteroatoms. The summed E-state index contributed by atoms with van der Waals surface area (Å²) >= 11 is 5.21. The molecular weight excluding hydrogens is 201 g/mol. The van der Waals surface area contributed by atoms with E-state index in [-0.39, 0.29) is 10.2 Å². The summed E-state index contributed by atoms with van der Waals surface area (Å²) in [7, 11) is 1.06. The topological polar surface area (TPSA) is 60.2 Å². The smallest absolute Gasteiger partial charge is 0.282 e. The molecule has 0 amide bonds.